The molecule has 1 amide bonds. The van der Waals surface area contributed by atoms with Gasteiger partial charge in [-0.1, -0.05) is 29.8 Å². The van der Waals surface area contributed by atoms with Crippen molar-refractivity contribution in [1.82, 2.24) is 9.88 Å². The van der Waals surface area contributed by atoms with Gasteiger partial charge in [0.1, 0.15) is 0 Å². The zero-order valence-corrected chi connectivity index (χ0v) is 11.8. The van der Waals surface area contributed by atoms with Crippen LogP contribution in [0.3, 0.4) is 0 Å². The number of alkyl halides is 1. The number of nitrogens with zero attached hydrogens (tertiary/aromatic N) is 1. The fraction of sp³-hybridized carbons (Fsp3) is 0.500. The van der Waals surface area contributed by atoms with Crippen molar-refractivity contribution < 1.29 is 4.79 Å². The van der Waals surface area contributed by atoms with E-state index in [0.29, 0.717) is 18.0 Å². The first-order chi connectivity index (χ1) is 7.91. The average molecular weight is 301 g/mol. The summed E-state index contributed by atoms with van der Waals surface area (Å²) in [7, 11) is 1.65. The number of amides is 1. The molecule has 0 saturated carbocycles. The van der Waals surface area contributed by atoms with Crippen LogP contribution in [-0.4, -0.2) is 21.8 Å². The molecular weight excluding hydrogens is 284 g/mol. The molecule has 0 radical (unpaired) electrons. The molecule has 0 aliphatic heterocycles. The molecule has 0 aliphatic carbocycles. The van der Waals surface area contributed by atoms with E-state index in [0.717, 1.165) is 0 Å². The molecule has 1 N–H and O–H groups in total. The lowest BCUT2D eigenvalue weighted by Crippen LogP contribution is -2.32. The van der Waals surface area contributed by atoms with E-state index in [9.17, 15) is 9.59 Å². The zero-order valence-electron chi connectivity index (χ0n) is 10.2. The van der Waals surface area contributed by atoms with Gasteiger partial charge in [0.2, 0.25) is 0 Å². The van der Waals surface area contributed by atoms with Crippen molar-refractivity contribution in [3.8, 4) is 0 Å². The van der Waals surface area contributed by atoms with Crippen molar-refractivity contribution in [2.24, 2.45) is 13.0 Å². The number of aryl methyl sites for hydroxylation is 1. The molecule has 1 unspecified atom stereocenters. The fourth-order valence-electron chi connectivity index (χ4n) is 1.22. The third-order valence-corrected chi connectivity index (χ3v) is 3.93. The van der Waals surface area contributed by atoms with Crippen molar-refractivity contribution in [3.63, 3.8) is 0 Å². The number of rotatable bonds is 4. The van der Waals surface area contributed by atoms with Crippen molar-refractivity contribution in [1.29, 1.82) is 0 Å². The standard InChI is InChI=1S/C12H17BrN2O2/c1-8(2)10(13)7-14-12(17)9-4-5-15(3)11(16)6-9/h4-6,8,10H,7H2,1-3H3,(H,14,17). The Hall–Kier alpha value is -1.10. The maximum Gasteiger partial charge on any atom is 0.251 e. The van der Waals surface area contributed by atoms with Crippen LogP contribution in [0.15, 0.2) is 23.1 Å². The monoisotopic (exact) mass is 300 g/mol. The van der Waals surface area contributed by atoms with Crippen LogP contribution in [0.1, 0.15) is 24.2 Å². The van der Waals surface area contributed by atoms with Gasteiger partial charge in [0.05, 0.1) is 0 Å². The second-order valence-electron chi connectivity index (χ2n) is 4.33. The van der Waals surface area contributed by atoms with Gasteiger partial charge in [-0.05, 0) is 12.0 Å². The molecule has 1 heterocycles. The van der Waals surface area contributed by atoms with Crippen LogP contribution >= 0.6 is 15.9 Å². The quantitative estimate of drug-likeness (QED) is 0.858. The Balaban J connectivity index is 2.64. The Morgan fingerprint density at radius 1 is 1.53 bits per heavy atom. The van der Waals surface area contributed by atoms with Gasteiger partial charge in [0, 0.05) is 36.2 Å². The van der Waals surface area contributed by atoms with Gasteiger partial charge >= 0.3 is 0 Å². The third kappa shape index (κ3) is 4.00. The first-order valence-corrected chi connectivity index (χ1v) is 6.42. The highest BCUT2D eigenvalue weighted by Gasteiger charge is 2.12. The minimum atomic E-state index is -0.215. The normalized spacial score (nSPS) is 12.5. The smallest absolute Gasteiger partial charge is 0.251 e. The Kier molecular flexibility index (Phi) is 4.93. The van der Waals surface area contributed by atoms with Gasteiger partial charge in [-0.3, -0.25) is 9.59 Å². The summed E-state index contributed by atoms with van der Waals surface area (Å²) in [6, 6.07) is 2.98. The largest absolute Gasteiger partial charge is 0.351 e. The van der Waals surface area contributed by atoms with Crippen molar-refractivity contribution in [3.05, 3.63) is 34.2 Å². The number of aromatic nitrogens is 1. The second kappa shape index (κ2) is 6.00. The number of pyridine rings is 1. The lowest BCUT2D eigenvalue weighted by molar-refractivity contribution is 0.0952. The zero-order chi connectivity index (χ0) is 13.0. The van der Waals surface area contributed by atoms with E-state index in [1.54, 1.807) is 19.3 Å². The van der Waals surface area contributed by atoms with Crippen molar-refractivity contribution in [2.75, 3.05) is 6.54 Å². The molecule has 1 atom stereocenters. The van der Waals surface area contributed by atoms with E-state index in [-0.39, 0.29) is 16.3 Å². The van der Waals surface area contributed by atoms with E-state index in [4.69, 9.17) is 0 Å². The average Bonchev–Trinajstić information content (AvgIpc) is 2.28. The maximum atomic E-state index is 11.8. The number of carbonyl (C=O) groups is 1. The minimum absolute atomic E-state index is 0.183. The lowest BCUT2D eigenvalue weighted by atomic mass is 10.1. The lowest BCUT2D eigenvalue weighted by Gasteiger charge is -2.14. The highest BCUT2D eigenvalue weighted by atomic mass is 79.9. The predicted molar refractivity (Wildman–Crippen MR) is 71.6 cm³/mol. The molecule has 0 aromatic carbocycles. The van der Waals surface area contributed by atoms with Gasteiger partial charge in [0.25, 0.3) is 11.5 Å². The summed E-state index contributed by atoms with van der Waals surface area (Å²) in [5.41, 5.74) is 0.216. The number of hydrogen-bond donors (Lipinski definition) is 1. The number of hydrogen-bond acceptors (Lipinski definition) is 2. The topological polar surface area (TPSA) is 51.1 Å². The Morgan fingerprint density at radius 2 is 2.18 bits per heavy atom. The summed E-state index contributed by atoms with van der Waals surface area (Å²) in [6.45, 7) is 4.69. The molecule has 0 bridgehead atoms. The third-order valence-electron chi connectivity index (χ3n) is 2.55. The summed E-state index contributed by atoms with van der Waals surface area (Å²) in [5.74, 6) is 0.228. The molecule has 1 rings (SSSR count). The van der Waals surface area contributed by atoms with Crippen LogP contribution in [0.25, 0.3) is 0 Å². The molecule has 1 aromatic heterocycles. The van der Waals surface area contributed by atoms with E-state index in [2.05, 4.69) is 35.1 Å². The van der Waals surface area contributed by atoms with Gasteiger partial charge < -0.3 is 9.88 Å². The van der Waals surface area contributed by atoms with Crippen LogP contribution in [0.4, 0.5) is 0 Å². The van der Waals surface area contributed by atoms with Gasteiger partial charge in [-0.15, -0.1) is 0 Å². The van der Waals surface area contributed by atoms with E-state index < -0.39 is 0 Å². The van der Waals surface area contributed by atoms with E-state index in [1.165, 1.54) is 10.6 Å². The minimum Gasteiger partial charge on any atom is -0.351 e. The van der Waals surface area contributed by atoms with Crippen LogP contribution in [0, 0.1) is 5.92 Å². The number of carbonyl (C=O) groups excluding carboxylic acids is 1. The molecular formula is C12H17BrN2O2. The summed E-state index contributed by atoms with van der Waals surface area (Å²) >= 11 is 3.49. The summed E-state index contributed by atoms with van der Waals surface area (Å²) in [6.07, 6.45) is 1.59. The highest BCUT2D eigenvalue weighted by Crippen LogP contribution is 2.10. The van der Waals surface area contributed by atoms with Crippen LogP contribution < -0.4 is 10.9 Å². The first kappa shape index (κ1) is 14.0. The van der Waals surface area contributed by atoms with Crippen molar-refractivity contribution in [2.45, 2.75) is 18.7 Å². The summed E-state index contributed by atoms with van der Waals surface area (Å²) in [5, 5.41) is 2.79. The fourth-order valence-corrected chi connectivity index (χ4v) is 1.38. The first-order valence-electron chi connectivity index (χ1n) is 5.50. The van der Waals surface area contributed by atoms with Crippen molar-refractivity contribution >= 4 is 21.8 Å². The molecule has 17 heavy (non-hydrogen) atoms. The molecule has 94 valence electrons. The van der Waals surface area contributed by atoms with Gasteiger partial charge in [0.15, 0.2) is 0 Å². The molecule has 0 spiro atoms. The van der Waals surface area contributed by atoms with Gasteiger partial charge in [-0.25, -0.2) is 0 Å². The van der Waals surface area contributed by atoms with Crippen LogP contribution in [0.2, 0.25) is 0 Å². The van der Waals surface area contributed by atoms with Gasteiger partial charge in [-0.2, -0.15) is 0 Å². The molecule has 4 nitrogen and oxygen atoms in total. The Labute approximate surface area is 109 Å². The van der Waals surface area contributed by atoms with E-state index >= 15 is 0 Å². The SMILES string of the molecule is CC(C)C(Br)CNC(=O)c1ccn(C)c(=O)c1. The molecule has 0 saturated heterocycles. The maximum absolute atomic E-state index is 11.8. The van der Waals surface area contributed by atoms with E-state index in [1.807, 2.05) is 0 Å². The molecule has 0 fully saturated rings. The molecule has 0 aliphatic rings. The number of halogens is 1. The summed E-state index contributed by atoms with van der Waals surface area (Å²) in [4.78, 5) is 23.4. The van der Waals surface area contributed by atoms with Crippen LogP contribution in [-0.2, 0) is 7.05 Å². The number of nitrogens with one attached hydrogen (secondary N) is 1. The second-order valence-corrected chi connectivity index (χ2v) is 5.51. The van der Waals surface area contributed by atoms with Crippen LogP contribution in [0.5, 0.6) is 0 Å². The Bertz CT molecular complexity index is 454. The Morgan fingerprint density at radius 3 is 2.71 bits per heavy atom. The molecule has 1 aromatic rings. The molecule has 5 heteroatoms. The predicted octanol–water partition coefficient (Wildman–Crippen LogP) is 1.53. The highest BCUT2D eigenvalue weighted by molar-refractivity contribution is 9.09. The summed E-state index contributed by atoms with van der Waals surface area (Å²) < 4.78 is 1.43.